The summed E-state index contributed by atoms with van der Waals surface area (Å²) in [5.41, 5.74) is -2.00. The van der Waals surface area contributed by atoms with Crippen LogP contribution in [0.1, 0.15) is 16.9 Å². The first kappa shape index (κ1) is 26.2. The first-order chi connectivity index (χ1) is 17.3. The fourth-order valence-corrected chi connectivity index (χ4v) is 3.46. The molecule has 0 N–H and O–H groups in total. The second kappa shape index (κ2) is 9.23. The highest BCUT2D eigenvalue weighted by atomic mass is 19.2. The van der Waals surface area contributed by atoms with Gasteiger partial charge in [-0.1, -0.05) is 12.1 Å². The van der Waals surface area contributed by atoms with Crippen molar-refractivity contribution < 1.29 is 66.4 Å². The van der Waals surface area contributed by atoms with Crippen LogP contribution in [0.4, 0.5) is 57.1 Å². The third-order valence-electron chi connectivity index (χ3n) is 5.16. The molecule has 16 heteroatoms. The Balaban J connectivity index is 1.95. The van der Waals surface area contributed by atoms with Crippen LogP contribution < -0.4 is 9.31 Å². The Kier molecular flexibility index (Phi) is 6.54. The zero-order chi connectivity index (χ0) is 27.5. The van der Waals surface area contributed by atoms with Gasteiger partial charge in [0.15, 0.2) is 17.3 Å². The van der Waals surface area contributed by atoms with Crippen molar-refractivity contribution in [2.24, 2.45) is 0 Å². The van der Waals surface area contributed by atoms with E-state index in [4.69, 9.17) is 0 Å². The Bertz CT molecular complexity index is 1360. The molecule has 3 aromatic carbocycles. The first-order valence-corrected chi connectivity index (χ1v) is 9.49. The van der Waals surface area contributed by atoms with E-state index >= 15 is 0 Å². The summed E-state index contributed by atoms with van der Waals surface area (Å²) >= 11 is 0. The van der Waals surface area contributed by atoms with Crippen LogP contribution in [0.3, 0.4) is 0 Å². The van der Waals surface area contributed by atoms with Gasteiger partial charge in [0.25, 0.3) is 0 Å². The molecular weight excluding hydrogens is 542 g/mol. The van der Waals surface area contributed by atoms with E-state index in [9.17, 15) is 57.1 Å². The van der Waals surface area contributed by atoms with Gasteiger partial charge in [0.05, 0.1) is 5.56 Å². The molecule has 0 saturated carbocycles. The van der Waals surface area contributed by atoms with Crippen LogP contribution in [0.2, 0.25) is 0 Å². The maximum absolute atomic E-state index is 14.8. The van der Waals surface area contributed by atoms with E-state index in [1.807, 2.05) is 0 Å². The smallest absolute Gasteiger partial charge is 0.521 e. The normalized spacial score (nSPS) is 14.8. The van der Waals surface area contributed by atoms with Crippen LogP contribution in [0.25, 0.3) is 5.83 Å². The molecule has 2 nitrogen and oxygen atoms in total. The lowest BCUT2D eigenvalue weighted by molar-refractivity contribution is 0.305. The summed E-state index contributed by atoms with van der Waals surface area (Å²) in [5.74, 6) is -39.5. The van der Waals surface area contributed by atoms with Gasteiger partial charge in [-0.25, -0.2) is 39.5 Å². The molecule has 0 spiro atoms. The fourth-order valence-electron chi connectivity index (χ4n) is 3.46. The molecule has 0 radical (unpaired) electrons. The van der Waals surface area contributed by atoms with Gasteiger partial charge in [0.1, 0.15) is 17.5 Å². The Morgan fingerprint density at radius 1 is 0.514 bits per heavy atom. The SMILES string of the molecule is FC1=C(F)C(B(Oc2c(F)c(F)c(F)c(F)c2F)Oc2c(F)c(F)c(F)c(F)c2F)c2cccc(F)c21. The van der Waals surface area contributed by atoms with Crippen molar-refractivity contribution in [2.45, 2.75) is 5.82 Å². The van der Waals surface area contributed by atoms with Crippen molar-refractivity contribution in [3.05, 3.63) is 99.1 Å². The predicted octanol–water partition coefficient (Wildman–Crippen LogP) is 7.11. The summed E-state index contributed by atoms with van der Waals surface area (Å²) in [6.45, 7) is 0. The molecule has 0 aromatic heterocycles. The Morgan fingerprint density at radius 3 is 1.30 bits per heavy atom. The van der Waals surface area contributed by atoms with Gasteiger partial charge in [-0.15, -0.1) is 0 Å². The van der Waals surface area contributed by atoms with E-state index < -0.39 is 111 Å². The summed E-state index contributed by atoms with van der Waals surface area (Å²) < 4.78 is 190. The molecule has 0 bridgehead atoms. The number of rotatable bonds is 5. The summed E-state index contributed by atoms with van der Waals surface area (Å²) in [6, 6.07) is 2.17. The highest BCUT2D eigenvalue weighted by Gasteiger charge is 2.50. The molecule has 1 atom stereocenters. The Morgan fingerprint density at radius 2 is 0.892 bits per heavy atom. The average Bonchev–Trinajstić information content (AvgIpc) is 3.13. The number of benzene rings is 3. The lowest BCUT2D eigenvalue weighted by Gasteiger charge is -2.23. The third kappa shape index (κ3) is 3.94. The molecule has 3 aromatic rings. The lowest BCUT2D eigenvalue weighted by Crippen LogP contribution is -2.39. The second-order valence-corrected chi connectivity index (χ2v) is 7.25. The summed E-state index contributed by atoms with van der Waals surface area (Å²) in [4.78, 5) is 0. The van der Waals surface area contributed by atoms with Gasteiger partial charge in [0.2, 0.25) is 58.2 Å². The fraction of sp³-hybridized carbons (Fsp3) is 0.0476. The number of hydrogen-bond acceptors (Lipinski definition) is 2. The molecule has 1 aliphatic rings. The van der Waals surface area contributed by atoms with E-state index in [0.29, 0.717) is 6.07 Å². The van der Waals surface area contributed by atoms with Crippen LogP contribution in [-0.2, 0) is 0 Å². The Hall–Kier alpha value is -3.85. The zero-order valence-electron chi connectivity index (χ0n) is 17.1. The van der Waals surface area contributed by atoms with Crippen LogP contribution in [0.15, 0.2) is 24.0 Å². The molecule has 194 valence electrons. The Labute approximate surface area is 196 Å². The zero-order valence-corrected chi connectivity index (χ0v) is 17.1. The van der Waals surface area contributed by atoms with E-state index in [1.54, 1.807) is 0 Å². The van der Waals surface area contributed by atoms with Crippen molar-refractivity contribution in [3.63, 3.8) is 0 Å². The highest BCUT2D eigenvalue weighted by molar-refractivity contribution is 6.50. The first-order valence-electron chi connectivity index (χ1n) is 9.49. The third-order valence-corrected chi connectivity index (χ3v) is 5.16. The molecule has 0 heterocycles. The van der Waals surface area contributed by atoms with Gasteiger partial charge in [-0.05, 0) is 11.6 Å². The second-order valence-electron chi connectivity index (χ2n) is 7.25. The van der Waals surface area contributed by atoms with Crippen molar-refractivity contribution in [1.29, 1.82) is 0 Å². The highest BCUT2D eigenvalue weighted by Crippen LogP contribution is 2.47. The van der Waals surface area contributed by atoms with Gasteiger partial charge in [-0.3, -0.25) is 0 Å². The van der Waals surface area contributed by atoms with Crippen molar-refractivity contribution in [2.75, 3.05) is 0 Å². The number of hydrogen-bond donors (Lipinski definition) is 0. The van der Waals surface area contributed by atoms with Crippen LogP contribution >= 0.6 is 0 Å². The van der Waals surface area contributed by atoms with Crippen molar-refractivity contribution in [1.82, 2.24) is 0 Å². The topological polar surface area (TPSA) is 18.5 Å². The van der Waals surface area contributed by atoms with E-state index in [0.717, 1.165) is 12.1 Å². The molecule has 0 fully saturated rings. The summed E-state index contributed by atoms with van der Waals surface area (Å²) in [6.07, 6.45) is 0. The molecule has 37 heavy (non-hydrogen) atoms. The summed E-state index contributed by atoms with van der Waals surface area (Å²) in [5, 5.41) is 0. The molecular formula is C21H4BF13O2. The molecule has 1 aliphatic carbocycles. The summed E-state index contributed by atoms with van der Waals surface area (Å²) in [7, 11) is -3.14. The van der Waals surface area contributed by atoms with Gasteiger partial charge < -0.3 is 9.31 Å². The standard InChI is InChI=1S/C21H4BF13O2/c23-5-3-1-2-4-6(5)8(24)9(25)7(4)22(36-20-16(32)12(28)10(26)13(29)17(20)33)37-21-18(34)14(30)11(27)15(31)19(21)35/h1-3,7H. The number of fused-ring (bicyclic) bond motifs is 1. The molecule has 0 saturated heterocycles. The van der Waals surface area contributed by atoms with Gasteiger partial charge >= 0.3 is 7.12 Å². The molecule has 1 unspecified atom stereocenters. The largest absolute Gasteiger partial charge is 0.610 e. The van der Waals surface area contributed by atoms with E-state index in [-0.39, 0.29) is 0 Å². The predicted molar refractivity (Wildman–Crippen MR) is 97.8 cm³/mol. The lowest BCUT2D eigenvalue weighted by atomic mass is 9.68. The molecule has 0 aliphatic heterocycles. The molecule has 4 rings (SSSR count). The molecule has 0 amide bonds. The quantitative estimate of drug-likeness (QED) is 0.147. The van der Waals surface area contributed by atoms with Crippen LogP contribution in [0, 0.1) is 64.0 Å². The minimum atomic E-state index is -3.14. The van der Waals surface area contributed by atoms with Crippen LogP contribution in [0.5, 0.6) is 11.5 Å². The van der Waals surface area contributed by atoms with Crippen molar-refractivity contribution in [3.8, 4) is 11.5 Å². The minimum Gasteiger partial charge on any atom is -0.521 e. The maximum Gasteiger partial charge on any atom is 0.610 e. The van der Waals surface area contributed by atoms with Crippen molar-refractivity contribution >= 4 is 12.9 Å². The number of allylic oxidation sites excluding steroid dienone is 1. The van der Waals surface area contributed by atoms with Gasteiger partial charge in [-0.2, -0.15) is 17.6 Å². The van der Waals surface area contributed by atoms with Crippen LogP contribution in [-0.4, -0.2) is 7.12 Å². The minimum absolute atomic E-state index is 0.610. The van der Waals surface area contributed by atoms with Gasteiger partial charge in [0, 0.05) is 0 Å². The maximum atomic E-state index is 14.8. The van der Waals surface area contributed by atoms with E-state index in [1.165, 1.54) is 0 Å². The monoisotopic (exact) mass is 546 g/mol. The number of halogens is 13. The average molecular weight is 546 g/mol. The van der Waals surface area contributed by atoms with E-state index in [2.05, 4.69) is 9.31 Å².